The van der Waals surface area contributed by atoms with Crippen molar-refractivity contribution in [2.24, 2.45) is 7.05 Å². The topological polar surface area (TPSA) is 50.0 Å². The lowest BCUT2D eigenvalue weighted by atomic mass is 9.77. The third-order valence-electron chi connectivity index (χ3n) is 5.23. The molecule has 1 aromatic carbocycles. The summed E-state index contributed by atoms with van der Waals surface area (Å²) >= 11 is 5.33. The maximum Gasteiger partial charge on any atom is 0.262 e. The lowest BCUT2D eigenvalue weighted by Crippen LogP contribution is -2.40. The van der Waals surface area contributed by atoms with Crippen molar-refractivity contribution >= 4 is 23.1 Å². The molecule has 1 spiro atoms. The third kappa shape index (κ3) is 2.30. The highest BCUT2D eigenvalue weighted by Crippen LogP contribution is 2.47. The zero-order valence-corrected chi connectivity index (χ0v) is 14.4. The standard InChI is InChI=1S/C19H19N3OS/c1-22-14(12-20)6-8-17(22)13-5-7-16-15(11-13)19(23-18(24)21-16)9-3-2-4-10-19/h5-8,11H,2-4,9-10H2,1H3,(H,21,24). The lowest BCUT2D eigenvalue weighted by Gasteiger charge is -2.42. The van der Waals surface area contributed by atoms with Crippen molar-refractivity contribution in [3.63, 3.8) is 0 Å². The number of rotatable bonds is 1. The fourth-order valence-corrected chi connectivity index (χ4v) is 4.23. The first-order chi connectivity index (χ1) is 11.6. The Morgan fingerprint density at radius 3 is 2.71 bits per heavy atom. The lowest BCUT2D eigenvalue weighted by molar-refractivity contribution is 0.0141. The van der Waals surface area contributed by atoms with E-state index in [-0.39, 0.29) is 5.60 Å². The first-order valence-electron chi connectivity index (χ1n) is 8.34. The molecule has 2 aliphatic rings. The summed E-state index contributed by atoms with van der Waals surface area (Å²) in [6.07, 6.45) is 5.58. The number of thiocarbonyl (C=S) groups is 1. The van der Waals surface area contributed by atoms with Crippen LogP contribution in [0.2, 0.25) is 0 Å². The van der Waals surface area contributed by atoms with Crippen LogP contribution in [0.3, 0.4) is 0 Å². The second-order valence-electron chi connectivity index (χ2n) is 6.60. The van der Waals surface area contributed by atoms with Crippen molar-refractivity contribution in [2.45, 2.75) is 37.7 Å². The quantitative estimate of drug-likeness (QED) is 0.781. The second-order valence-corrected chi connectivity index (χ2v) is 6.98. The molecule has 1 fully saturated rings. The molecular weight excluding hydrogens is 318 g/mol. The van der Waals surface area contributed by atoms with Gasteiger partial charge in [-0.15, -0.1) is 0 Å². The molecule has 122 valence electrons. The number of anilines is 1. The molecule has 2 aromatic rings. The van der Waals surface area contributed by atoms with Crippen LogP contribution in [0.25, 0.3) is 11.3 Å². The number of hydrogen-bond donors (Lipinski definition) is 1. The highest BCUT2D eigenvalue weighted by atomic mass is 32.1. The van der Waals surface area contributed by atoms with Crippen LogP contribution >= 0.6 is 12.2 Å². The molecule has 4 nitrogen and oxygen atoms in total. The minimum Gasteiger partial charge on any atom is -0.459 e. The molecule has 1 aromatic heterocycles. The number of ether oxygens (including phenoxy) is 1. The number of fused-ring (bicyclic) bond motifs is 2. The Labute approximate surface area is 147 Å². The number of nitrogens with zero attached hydrogens (tertiary/aromatic N) is 2. The Hall–Kier alpha value is -2.32. The molecule has 0 saturated heterocycles. The van der Waals surface area contributed by atoms with Gasteiger partial charge in [-0.1, -0.05) is 12.5 Å². The van der Waals surface area contributed by atoms with E-state index in [9.17, 15) is 5.26 Å². The Morgan fingerprint density at radius 2 is 2.00 bits per heavy atom. The third-order valence-corrected chi connectivity index (χ3v) is 5.41. The molecule has 24 heavy (non-hydrogen) atoms. The summed E-state index contributed by atoms with van der Waals surface area (Å²) in [4.78, 5) is 0. The van der Waals surface area contributed by atoms with E-state index in [0.29, 0.717) is 10.9 Å². The summed E-state index contributed by atoms with van der Waals surface area (Å²) in [5, 5.41) is 12.8. The molecule has 5 heteroatoms. The SMILES string of the molecule is Cn1c(C#N)ccc1-c1ccc2c(c1)C1(CCCCC1)OC(=S)N2. The summed E-state index contributed by atoms with van der Waals surface area (Å²) in [6, 6.07) is 12.4. The van der Waals surface area contributed by atoms with Crippen LogP contribution in [0.15, 0.2) is 30.3 Å². The van der Waals surface area contributed by atoms with Gasteiger partial charge >= 0.3 is 0 Å². The fourth-order valence-electron chi connectivity index (χ4n) is 3.97. The highest BCUT2D eigenvalue weighted by Gasteiger charge is 2.41. The molecule has 0 bridgehead atoms. The van der Waals surface area contributed by atoms with Crippen LogP contribution in [-0.2, 0) is 17.4 Å². The average Bonchev–Trinajstić information content (AvgIpc) is 2.96. The van der Waals surface area contributed by atoms with Crippen molar-refractivity contribution in [3.05, 3.63) is 41.6 Å². The van der Waals surface area contributed by atoms with Gasteiger partial charge in [-0.25, -0.2) is 0 Å². The molecule has 2 heterocycles. The van der Waals surface area contributed by atoms with Crippen molar-refractivity contribution in [3.8, 4) is 17.3 Å². The van der Waals surface area contributed by atoms with E-state index in [0.717, 1.165) is 42.6 Å². The van der Waals surface area contributed by atoms with Gasteiger partial charge in [0.25, 0.3) is 5.17 Å². The number of hydrogen-bond acceptors (Lipinski definition) is 3. The monoisotopic (exact) mass is 337 g/mol. The van der Waals surface area contributed by atoms with E-state index < -0.39 is 0 Å². The van der Waals surface area contributed by atoms with Crippen molar-refractivity contribution in [1.29, 1.82) is 5.26 Å². The maximum absolute atomic E-state index is 9.18. The Bertz CT molecular complexity index is 856. The molecular formula is C19H19N3OS. The van der Waals surface area contributed by atoms with Gasteiger partial charge in [-0.05, 0) is 67.7 Å². The van der Waals surface area contributed by atoms with Gasteiger partial charge in [-0.2, -0.15) is 5.26 Å². The van der Waals surface area contributed by atoms with Crippen LogP contribution in [0.5, 0.6) is 0 Å². The van der Waals surface area contributed by atoms with Gasteiger partial charge in [0.05, 0.1) is 0 Å². The Morgan fingerprint density at radius 1 is 1.21 bits per heavy atom. The molecule has 1 N–H and O–H groups in total. The molecule has 0 atom stereocenters. The van der Waals surface area contributed by atoms with Crippen molar-refractivity contribution in [2.75, 3.05) is 5.32 Å². The van der Waals surface area contributed by atoms with Crippen LogP contribution in [0, 0.1) is 11.3 Å². The van der Waals surface area contributed by atoms with Crippen LogP contribution in [0.4, 0.5) is 5.69 Å². The van der Waals surface area contributed by atoms with Crippen molar-refractivity contribution in [1.82, 2.24) is 4.57 Å². The summed E-state index contributed by atoms with van der Waals surface area (Å²) < 4.78 is 8.08. The summed E-state index contributed by atoms with van der Waals surface area (Å²) in [5.74, 6) is 0. The number of nitriles is 1. The van der Waals surface area contributed by atoms with E-state index in [2.05, 4.69) is 29.6 Å². The first kappa shape index (κ1) is 15.2. The second kappa shape index (κ2) is 5.64. The Balaban J connectivity index is 1.84. The normalized spacial score (nSPS) is 18.4. The number of nitrogens with one attached hydrogen (secondary N) is 1. The molecule has 0 amide bonds. The molecule has 0 unspecified atom stereocenters. The molecule has 1 aliphatic carbocycles. The van der Waals surface area contributed by atoms with Crippen LogP contribution < -0.4 is 5.32 Å². The van der Waals surface area contributed by atoms with Crippen LogP contribution in [-0.4, -0.2) is 9.74 Å². The van der Waals surface area contributed by atoms with E-state index in [4.69, 9.17) is 17.0 Å². The van der Waals surface area contributed by atoms with E-state index >= 15 is 0 Å². The summed E-state index contributed by atoms with van der Waals surface area (Å²) in [5.41, 5.74) is 4.73. The van der Waals surface area contributed by atoms with Gasteiger partial charge in [0, 0.05) is 24.0 Å². The van der Waals surface area contributed by atoms with Gasteiger partial charge in [0.1, 0.15) is 17.4 Å². The van der Waals surface area contributed by atoms with E-state index in [1.807, 2.05) is 23.7 Å². The van der Waals surface area contributed by atoms with E-state index in [1.54, 1.807) is 0 Å². The maximum atomic E-state index is 9.18. The molecule has 0 radical (unpaired) electrons. The summed E-state index contributed by atoms with van der Waals surface area (Å²) in [6.45, 7) is 0. The first-order valence-corrected chi connectivity index (χ1v) is 8.74. The van der Waals surface area contributed by atoms with Crippen molar-refractivity contribution < 1.29 is 4.74 Å². The Kier molecular flexibility index (Phi) is 3.58. The molecule has 1 saturated carbocycles. The van der Waals surface area contributed by atoms with E-state index in [1.165, 1.54) is 12.0 Å². The fraction of sp³-hybridized carbons (Fsp3) is 0.368. The zero-order chi connectivity index (χ0) is 16.7. The number of benzene rings is 1. The van der Waals surface area contributed by atoms with Gasteiger partial charge in [0.2, 0.25) is 0 Å². The zero-order valence-electron chi connectivity index (χ0n) is 13.6. The predicted octanol–water partition coefficient (Wildman–Crippen LogP) is 4.45. The predicted molar refractivity (Wildman–Crippen MR) is 97.6 cm³/mol. The van der Waals surface area contributed by atoms with Crippen LogP contribution in [0.1, 0.15) is 43.4 Å². The average molecular weight is 337 g/mol. The molecule has 1 aliphatic heterocycles. The minimum atomic E-state index is -0.296. The molecule has 4 rings (SSSR count). The van der Waals surface area contributed by atoms with Gasteiger partial charge < -0.3 is 14.6 Å². The minimum absolute atomic E-state index is 0.296. The largest absolute Gasteiger partial charge is 0.459 e. The van der Waals surface area contributed by atoms with Gasteiger partial charge in [-0.3, -0.25) is 0 Å². The highest BCUT2D eigenvalue weighted by molar-refractivity contribution is 7.80. The smallest absolute Gasteiger partial charge is 0.262 e. The van der Waals surface area contributed by atoms with Gasteiger partial charge in [0.15, 0.2) is 0 Å². The summed E-state index contributed by atoms with van der Waals surface area (Å²) in [7, 11) is 1.92. The number of aromatic nitrogens is 1.